The summed E-state index contributed by atoms with van der Waals surface area (Å²) in [5.74, 6) is 3.07. The average molecular weight is 574 g/mol. The summed E-state index contributed by atoms with van der Waals surface area (Å²) >= 11 is 18.1. The lowest BCUT2D eigenvalue weighted by atomic mass is 10.2. The fourth-order valence-corrected chi connectivity index (χ4v) is 3.97. The fourth-order valence-electron chi connectivity index (χ4n) is 3.05. The highest BCUT2D eigenvalue weighted by molar-refractivity contribution is 14.0. The summed E-state index contributed by atoms with van der Waals surface area (Å²) < 4.78 is 7.87. The van der Waals surface area contributed by atoms with E-state index in [1.54, 1.807) is 19.2 Å². The van der Waals surface area contributed by atoms with Gasteiger partial charge in [0.05, 0.1) is 23.1 Å². The summed E-state index contributed by atoms with van der Waals surface area (Å²) in [7, 11) is 1.72. The Labute approximate surface area is 202 Å². The lowest BCUT2D eigenvalue weighted by Crippen LogP contribution is -2.39. The molecule has 0 aliphatic carbocycles. The second kappa shape index (κ2) is 12.0. The molecular weight excluding hydrogens is 550 g/mol. The molecule has 1 aliphatic rings. The van der Waals surface area contributed by atoms with E-state index >= 15 is 0 Å². The summed E-state index contributed by atoms with van der Waals surface area (Å²) in [5, 5.41) is 16.3. The first-order valence-corrected chi connectivity index (χ1v) is 10.3. The van der Waals surface area contributed by atoms with Gasteiger partial charge >= 0.3 is 0 Å². The number of nitrogens with one attached hydrogen (secondary N) is 2. The maximum atomic E-state index is 6.11. The van der Waals surface area contributed by atoms with E-state index in [0.717, 1.165) is 31.0 Å². The monoisotopic (exact) mass is 572 g/mol. The van der Waals surface area contributed by atoms with Crippen molar-refractivity contribution >= 4 is 64.7 Å². The van der Waals surface area contributed by atoms with E-state index in [1.807, 2.05) is 0 Å². The Balaban J connectivity index is 0.00000300. The van der Waals surface area contributed by atoms with Crippen LogP contribution in [0.1, 0.15) is 30.9 Å². The molecule has 2 N–H and O–H groups in total. The van der Waals surface area contributed by atoms with Crippen LogP contribution in [0.15, 0.2) is 17.1 Å². The Bertz CT molecular complexity index is 822. The highest BCUT2D eigenvalue weighted by Gasteiger charge is 2.14. The van der Waals surface area contributed by atoms with Crippen molar-refractivity contribution in [3.8, 4) is 5.75 Å². The van der Waals surface area contributed by atoms with Gasteiger partial charge in [0.1, 0.15) is 12.4 Å². The van der Waals surface area contributed by atoms with Crippen molar-refractivity contribution in [2.75, 3.05) is 20.2 Å². The molecule has 3 rings (SSSR count). The third-order valence-corrected chi connectivity index (χ3v) is 5.21. The zero-order valence-corrected chi connectivity index (χ0v) is 20.6. The van der Waals surface area contributed by atoms with Crippen molar-refractivity contribution in [2.24, 2.45) is 4.99 Å². The van der Waals surface area contributed by atoms with Crippen molar-refractivity contribution < 1.29 is 4.74 Å². The first-order valence-electron chi connectivity index (χ1n) is 9.21. The predicted molar refractivity (Wildman–Crippen MR) is 128 cm³/mol. The molecule has 11 heteroatoms. The van der Waals surface area contributed by atoms with Crippen LogP contribution in [-0.2, 0) is 19.5 Å². The van der Waals surface area contributed by atoms with Gasteiger partial charge in [-0.25, -0.2) is 0 Å². The molecule has 0 unspecified atom stereocenters. The number of halogens is 4. The third-order valence-electron chi connectivity index (χ3n) is 4.43. The van der Waals surface area contributed by atoms with Crippen LogP contribution in [0.4, 0.5) is 0 Å². The Morgan fingerprint density at radius 1 is 1.14 bits per heavy atom. The van der Waals surface area contributed by atoms with E-state index in [9.17, 15) is 0 Å². The van der Waals surface area contributed by atoms with Crippen molar-refractivity contribution in [1.29, 1.82) is 0 Å². The van der Waals surface area contributed by atoms with Gasteiger partial charge in [0, 0.05) is 25.0 Å². The third kappa shape index (κ3) is 6.77. The van der Waals surface area contributed by atoms with Crippen LogP contribution in [0.5, 0.6) is 5.75 Å². The van der Waals surface area contributed by atoms with Gasteiger partial charge < -0.3 is 19.9 Å². The molecule has 0 saturated carbocycles. The van der Waals surface area contributed by atoms with Gasteiger partial charge in [-0.3, -0.25) is 4.99 Å². The topological polar surface area (TPSA) is 76.4 Å². The minimum Gasteiger partial charge on any atom is -0.489 e. The number of fused-ring (bicyclic) bond motifs is 1. The normalized spacial score (nSPS) is 13.9. The molecule has 0 saturated heterocycles. The van der Waals surface area contributed by atoms with Crippen LogP contribution in [0.25, 0.3) is 0 Å². The van der Waals surface area contributed by atoms with E-state index in [0.29, 0.717) is 46.5 Å². The maximum Gasteiger partial charge on any atom is 0.191 e. The molecule has 1 aliphatic heterocycles. The first-order chi connectivity index (χ1) is 13.6. The molecule has 7 nitrogen and oxygen atoms in total. The van der Waals surface area contributed by atoms with Gasteiger partial charge in [0.2, 0.25) is 0 Å². The number of aromatic nitrogens is 3. The largest absolute Gasteiger partial charge is 0.489 e. The average Bonchev–Trinajstić information content (AvgIpc) is 2.89. The van der Waals surface area contributed by atoms with Crippen LogP contribution in [0.3, 0.4) is 0 Å². The van der Waals surface area contributed by atoms with E-state index in [4.69, 9.17) is 39.5 Å². The summed E-state index contributed by atoms with van der Waals surface area (Å²) in [6.07, 6.45) is 4.57. The van der Waals surface area contributed by atoms with Crippen LogP contribution >= 0.6 is 58.8 Å². The maximum absolute atomic E-state index is 6.11. The Kier molecular flexibility index (Phi) is 10.1. The van der Waals surface area contributed by atoms with Crippen molar-refractivity contribution in [3.63, 3.8) is 0 Å². The van der Waals surface area contributed by atoms with Crippen LogP contribution < -0.4 is 15.4 Å². The molecule has 0 bridgehead atoms. The first kappa shape index (κ1) is 24.3. The standard InChI is InChI=1S/C18H23Cl3N6O.HI/c1-22-18(23-6-8-28-17-13(20)9-12(19)10-14(17)21)24-11-16-26-25-15-5-3-2-4-7-27(15)16;/h9-10H,2-8,11H2,1H3,(H2,22,23,24);1H. The predicted octanol–water partition coefficient (Wildman–Crippen LogP) is 4.33. The number of hydrogen-bond donors (Lipinski definition) is 2. The van der Waals surface area contributed by atoms with Gasteiger partial charge in [-0.2, -0.15) is 0 Å². The number of aliphatic imine (C=N–C) groups is 1. The molecule has 1 aromatic carbocycles. The number of aryl methyl sites for hydroxylation is 1. The highest BCUT2D eigenvalue weighted by Crippen LogP contribution is 2.35. The van der Waals surface area contributed by atoms with Crippen molar-refractivity contribution in [1.82, 2.24) is 25.4 Å². The summed E-state index contributed by atoms with van der Waals surface area (Å²) in [6, 6.07) is 3.19. The molecule has 29 heavy (non-hydrogen) atoms. The van der Waals surface area contributed by atoms with Gasteiger partial charge in [0.15, 0.2) is 17.5 Å². The number of hydrogen-bond acceptors (Lipinski definition) is 4. The molecule has 1 aromatic heterocycles. The zero-order valence-electron chi connectivity index (χ0n) is 16.1. The number of benzene rings is 1. The molecular formula is C18H24Cl3IN6O. The highest BCUT2D eigenvalue weighted by atomic mass is 127. The fraction of sp³-hybridized carbons (Fsp3) is 0.500. The lowest BCUT2D eigenvalue weighted by molar-refractivity contribution is 0.322. The van der Waals surface area contributed by atoms with Gasteiger partial charge in [-0.05, 0) is 25.0 Å². The quantitative estimate of drug-likeness (QED) is 0.233. The number of nitrogens with zero attached hydrogens (tertiary/aromatic N) is 4. The summed E-state index contributed by atoms with van der Waals surface area (Å²) in [5.41, 5.74) is 0. The SMILES string of the molecule is CN=C(NCCOc1c(Cl)cc(Cl)cc1Cl)NCc1nnc2n1CCCCC2.I. The molecule has 2 heterocycles. The second-order valence-electron chi connectivity index (χ2n) is 6.39. The minimum atomic E-state index is 0. The van der Waals surface area contributed by atoms with E-state index in [1.165, 1.54) is 12.8 Å². The zero-order chi connectivity index (χ0) is 19.9. The molecule has 2 aromatic rings. The molecule has 0 fully saturated rings. The van der Waals surface area contributed by atoms with E-state index in [-0.39, 0.29) is 24.0 Å². The van der Waals surface area contributed by atoms with Gasteiger partial charge in [-0.1, -0.05) is 41.2 Å². The summed E-state index contributed by atoms with van der Waals surface area (Å²) in [6.45, 7) is 2.42. The van der Waals surface area contributed by atoms with Gasteiger partial charge in [-0.15, -0.1) is 34.2 Å². The number of guanidine groups is 1. The molecule has 0 atom stereocenters. The van der Waals surface area contributed by atoms with Crippen LogP contribution in [-0.4, -0.2) is 40.9 Å². The summed E-state index contributed by atoms with van der Waals surface area (Å²) in [4.78, 5) is 4.22. The molecule has 0 radical (unpaired) electrons. The van der Waals surface area contributed by atoms with Gasteiger partial charge in [0.25, 0.3) is 0 Å². The number of rotatable bonds is 6. The van der Waals surface area contributed by atoms with E-state index in [2.05, 4.69) is 30.4 Å². The molecule has 0 amide bonds. The minimum absolute atomic E-state index is 0. The second-order valence-corrected chi connectivity index (χ2v) is 7.65. The van der Waals surface area contributed by atoms with E-state index < -0.39 is 0 Å². The lowest BCUT2D eigenvalue weighted by Gasteiger charge is -2.14. The Morgan fingerprint density at radius 2 is 1.90 bits per heavy atom. The molecule has 0 spiro atoms. The van der Waals surface area contributed by atoms with Crippen molar-refractivity contribution in [2.45, 2.75) is 38.8 Å². The number of ether oxygens (including phenoxy) is 1. The van der Waals surface area contributed by atoms with Crippen molar-refractivity contribution in [3.05, 3.63) is 38.8 Å². The Hall–Kier alpha value is -0.970. The molecule has 160 valence electrons. The smallest absolute Gasteiger partial charge is 0.191 e. The van der Waals surface area contributed by atoms with Crippen LogP contribution in [0, 0.1) is 0 Å². The Morgan fingerprint density at radius 3 is 2.62 bits per heavy atom. The van der Waals surface area contributed by atoms with Crippen LogP contribution in [0.2, 0.25) is 15.1 Å².